The van der Waals surface area contributed by atoms with Gasteiger partial charge in [0.2, 0.25) is 5.91 Å². The lowest BCUT2D eigenvalue weighted by Crippen LogP contribution is -2.21. The van der Waals surface area contributed by atoms with Crippen LogP contribution in [0.2, 0.25) is 0 Å². The Hall–Kier alpha value is -3.18. The highest BCUT2D eigenvalue weighted by Crippen LogP contribution is 2.22. The first-order valence-corrected chi connectivity index (χ1v) is 8.77. The number of carbonyl (C=O) groups is 1. The van der Waals surface area contributed by atoms with Crippen LogP contribution in [0, 0.1) is 5.82 Å². The lowest BCUT2D eigenvalue weighted by Gasteiger charge is -2.09. The summed E-state index contributed by atoms with van der Waals surface area (Å²) in [7, 11) is 0. The molecule has 0 radical (unpaired) electrons. The van der Waals surface area contributed by atoms with E-state index < -0.39 is 0 Å². The van der Waals surface area contributed by atoms with Crippen LogP contribution in [-0.2, 0) is 11.3 Å². The number of ether oxygens (including phenoxy) is 1. The molecule has 138 valence electrons. The van der Waals surface area contributed by atoms with E-state index >= 15 is 0 Å². The minimum atomic E-state index is -0.243. The van der Waals surface area contributed by atoms with Gasteiger partial charge in [-0.3, -0.25) is 4.79 Å². The molecular weight excluding hydrogens is 343 g/mol. The maximum atomic E-state index is 13.5. The van der Waals surface area contributed by atoms with Gasteiger partial charge in [0, 0.05) is 30.8 Å². The molecule has 0 fully saturated rings. The molecule has 27 heavy (non-hydrogen) atoms. The third-order valence-electron chi connectivity index (χ3n) is 3.92. The number of halogens is 1. The molecule has 4 nitrogen and oxygen atoms in total. The van der Waals surface area contributed by atoms with Crippen LogP contribution in [0.3, 0.4) is 0 Å². The Morgan fingerprint density at radius 3 is 2.26 bits per heavy atom. The average Bonchev–Trinajstić information content (AvgIpc) is 2.69. The van der Waals surface area contributed by atoms with Crippen molar-refractivity contribution in [2.45, 2.75) is 13.0 Å². The average molecular weight is 364 g/mol. The van der Waals surface area contributed by atoms with Crippen LogP contribution in [-0.4, -0.2) is 12.5 Å². The summed E-state index contributed by atoms with van der Waals surface area (Å²) in [5.74, 6) is 1.11. The molecule has 0 aliphatic rings. The van der Waals surface area contributed by atoms with Gasteiger partial charge < -0.3 is 15.4 Å². The number of nitrogens with one attached hydrogen (secondary N) is 2. The molecule has 0 aromatic heterocycles. The van der Waals surface area contributed by atoms with Crippen LogP contribution in [0.1, 0.15) is 12.0 Å². The zero-order valence-corrected chi connectivity index (χ0v) is 14.8. The number of rotatable bonds is 8. The highest BCUT2D eigenvalue weighted by molar-refractivity contribution is 5.90. The molecule has 0 saturated carbocycles. The summed E-state index contributed by atoms with van der Waals surface area (Å²) in [6.45, 7) is 0.862. The molecular formula is C22H21FN2O2. The minimum Gasteiger partial charge on any atom is -0.457 e. The van der Waals surface area contributed by atoms with E-state index in [0.717, 1.165) is 5.75 Å². The van der Waals surface area contributed by atoms with Gasteiger partial charge in [-0.05, 0) is 42.5 Å². The zero-order valence-electron chi connectivity index (χ0n) is 14.8. The van der Waals surface area contributed by atoms with Crippen LogP contribution in [0.4, 0.5) is 10.1 Å². The Balaban J connectivity index is 1.41. The van der Waals surface area contributed by atoms with E-state index in [9.17, 15) is 9.18 Å². The van der Waals surface area contributed by atoms with Crippen LogP contribution in [0.25, 0.3) is 0 Å². The van der Waals surface area contributed by atoms with Crippen molar-refractivity contribution in [1.29, 1.82) is 0 Å². The fraction of sp³-hybridized carbons (Fsp3) is 0.136. The van der Waals surface area contributed by atoms with Gasteiger partial charge in [-0.25, -0.2) is 4.39 Å². The van der Waals surface area contributed by atoms with Crippen molar-refractivity contribution in [1.82, 2.24) is 5.32 Å². The number of para-hydroxylation sites is 1. The van der Waals surface area contributed by atoms with Gasteiger partial charge in [0.25, 0.3) is 0 Å². The zero-order chi connectivity index (χ0) is 18.9. The first-order valence-electron chi connectivity index (χ1n) is 8.77. The number of carbonyl (C=O) groups excluding carboxylic acids is 1. The predicted molar refractivity (Wildman–Crippen MR) is 104 cm³/mol. The van der Waals surface area contributed by atoms with E-state index in [1.54, 1.807) is 42.5 Å². The van der Waals surface area contributed by atoms with Gasteiger partial charge in [0.05, 0.1) is 0 Å². The normalized spacial score (nSPS) is 10.4. The van der Waals surface area contributed by atoms with Crippen LogP contribution >= 0.6 is 0 Å². The van der Waals surface area contributed by atoms with E-state index in [0.29, 0.717) is 36.5 Å². The van der Waals surface area contributed by atoms with Crippen molar-refractivity contribution in [3.63, 3.8) is 0 Å². The molecule has 0 aliphatic heterocycles. The van der Waals surface area contributed by atoms with Crippen LogP contribution in [0.15, 0.2) is 78.9 Å². The molecule has 0 unspecified atom stereocenters. The summed E-state index contributed by atoms with van der Waals surface area (Å²) < 4.78 is 19.2. The smallest absolute Gasteiger partial charge is 0.225 e. The van der Waals surface area contributed by atoms with Crippen molar-refractivity contribution in [2.75, 3.05) is 11.9 Å². The molecule has 0 atom stereocenters. The van der Waals surface area contributed by atoms with Crippen molar-refractivity contribution in [2.24, 2.45) is 0 Å². The predicted octanol–water partition coefficient (Wildman–Crippen LogP) is 4.74. The third-order valence-corrected chi connectivity index (χ3v) is 3.92. The Morgan fingerprint density at radius 1 is 0.852 bits per heavy atom. The summed E-state index contributed by atoms with van der Waals surface area (Å²) in [4.78, 5) is 12.0. The largest absolute Gasteiger partial charge is 0.457 e. The van der Waals surface area contributed by atoms with E-state index in [2.05, 4.69) is 10.6 Å². The van der Waals surface area contributed by atoms with E-state index in [1.165, 1.54) is 6.07 Å². The van der Waals surface area contributed by atoms with Crippen molar-refractivity contribution >= 4 is 11.6 Å². The van der Waals surface area contributed by atoms with E-state index in [-0.39, 0.29) is 11.7 Å². The molecule has 5 heteroatoms. The Morgan fingerprint density at radius 2 is 1.52 bits per heavy atom. The van der Waals surface area contributed by atoms with Crippen molar-refractivity contribution in [3.05, 3.63) is 90.2 Å². The Labute approximate surface area is 158 Å². The fourth-order valence-electron chi connectivity index (χ4n) is 2.52. The van der Waals surface area contributed by atoms with E-state index in [1.807, 2.05) is 30.3 Å². The lowest BCUT2D eigenvalue weighted by molar-refractivity contribution is -0.116. The maximum absolute atomic E-state index is 13.5. The molecule has 0 saturated heterocycles. The Bertz CT molecular complexity index is 867. The van der Waals surface area contributed by atoms with Gasteiger partial charge in [0.15, 0.2) is 0 Å². The van der Waals surface area contributed by atoms with Crippen LogP contribution in [0.5, 0.6) is 11.5 Å². The second kappa shape index (κ2) is 9.50. The second-order valence-electron chi connectivity index (χ2n) is 6.01. The standard InChI is InChI=1S/C22H21FN2O2/c23-21-9-5-4-6-17(21)16-24-15-14-22(26)25-18-10-12-20(13-11-18)27-19-7-2-1-3-8-19/h1-13,24H,14-16H2,(H,25,26). The first-order chi connectivity index (χ1) is 13.2. The summed E-state index contributed by atoms with van der Waals surface area (Å²) >= 11 is 0. The Kier molecular flexibility index (Phi) is 6.55. The molecule has 0 spiro atoms. The van der Waals surface area contributed by atoms with E-state index in [4.69, 9.17) is 4.74 Å². The summed E-state index contributed by atoms with van der Waals surface area (Å²) in [6, 6.07) is 23.3. The number of anilines is 1. The van der Waals surface area contributed by atoms with Crippen molar-refractivity contribution < 1.29 is 13.9 Å². The number of amides is 1. The molecule has 3 rings (SSSR count). The molecule has 0 aliphatic carbocycles. The highest BCUT2D eigenvalue weighted by atomic mass is 19.1. The first kappa shape index (κ1) is 18.6. The molecule has 3 aromatic carbocycles. The van der Waals surface area contributed by atoms with Crippen LogP contribution < -0.4 is 15.4 Å². The maximum Gasteiger partial charge on any atom is 0.225 e. The fourth-order valence-corrected chi connectivity index (χ4v) is 2.52. The second-order valence-corrected chi connectivity index (χ2v) is 6.01. The van der Waals surface area contributed by atoms with Gasteiger partial charge in [-0.15, -0.1) is 0 Å². The minimum absolute atomic E-state index is 0.104. The monoisotopic (exact) mass is 364 g/mol. The number of hydrogen-bond acceptors (Lipinski definition) is 3. The molecule has 0 bridgehead atoms. The molecule has 3 aromatic rings. The summed E-state index contributed by atoms with van der Waals surface area (Å²) in [5.41, 5.74) is 1.29. The van der Waals surface area contributed by atoms with Gasteiger partial charge in [-0.1, -0.05) is 36.4 Å². The highest BCUT2D eigenvalue weighted by Gasteiger charge is 2.04. The molecule has 1 amide bonds. The SMILES string of the molecule is O=C(CCNCc1ccccc1F)Nc1ccc(Oc2ccccc2)cc1. The summed E-state index contributed by atoms with van der Waals surface area (Å²) in [5, 5.41) is 5.91. The lowest BCUT2D eigenvalue weighted by atomic mass is 10.2. The van der Waals surface area contributed by atoms with Gasteiger partial charge in [0.1, 0.15) is 17.3 Å². The third kappa shape index (κ3) is 5.94. The molecule has 0 heterocycles. The number of benzene rings is 3. The summed E-state index contributed by atoms with van der Waals surface area (Å²) in [6.07, 6.45) is 0.302. The number of hydrogen-bond donors (Lipinski definition) is 2. The molecule has 2 N–H and O–H groups in total. The van der Waals surface area contributed by atoms with Gasteiger partial charge >= 0.3 is 0 Å². The quantitative estimate of drug-likeness (QED) is 0.568. The topological polar surface area (TPSA) is 50.4 Å². The van der Waals surface area contributed by atoms with Gasteiger partial charge in [-0.2, -0.15) is 0 Å². The van der Waals surface area contributed by atoms with Crippen molar-refractivity contribution in [3.8, 4) is 11.5 Å².